The number of ether oxygens (including phenoxy) is 1. The van der Waals surface area contributed by atoms with Gasteiger partial charge in [-0.15, -0.1) is 0 Å². The molecule has 16 heavy (non-hydrogen) atoms. The molecule has 0 aliphatic heterocycles. The molecule has 1 rings (SSSR count). The summed E-state index contributed by atoms with van der Waals surface area (Å²) < 4.78 is 39.7. The van der Waals surface area contributed by atoms with Crippen LogP contribution >= 0.6 is 22.3 Å². The molecule has 0 aliphatic rings. The Bertz CT molecular complexity index is 488. The monoisotopic (exact) mass is 286 g/mol. The number of rotatable bonds is 4. The summed E-state index contributed by atoms with van der Waals surface area (Å²) in [5, 5.41) is 0.181. The second kappa shape index (κ2) is 5.21. The highest BCUT2D eigenvalue weighted by Crippen LogP contribution is 2.27. The van der Waals surface area contributed by atoms with E-state index >= 15 is 0 Å². The molecule has 0 saturated carbocycles. The van der Waals surface area contributed by atoms with Crippen LogP contribution in [0.4, 0.5) is 4.39 Å². The molecule has 7 heteroatoms. The van der Waals surface area contributed by atoms with Gasteiger partial charge in [-0.05, 0) is 24.1 Å². The highest BCUT2D eigenvalue weighted by atomic mass is 35.7. The Hall–Kier alpha value is -0.520. The fourth-order valence-electron chi connectivity index (χ4n) is 1.26. The fourth-order valence-corrected chi connectivity index (χ4v) is 2.18. The Balaban J connectivity index is 3.03. The van der Waals surface area contributed by atoms with Crippen LogP contribution in [-0.4, -0.2) is 21.3 Å². The molecule has 0 saturated heterocycles. The van der Waals surface area contributed by atoms with E-state index in [1.54, 1.807) is 0 Å². The van der Waals surface area contributed by atoms with Crippen molar-refractivity contribution in [3.63, 3.8) is 0 Å². The summed E-state index contributed by atoms with van der Waals surface area (Å²) in [6, 6.07) is 2.55. The summed E-state index contributed by atoms with van der Waals surface area (Å²) in [6.07, 6.45) is 0.0481. The molecule has 0 N–H and O–H groups in total. The van der Waals surface area contributed by atoms with Crippen LogP contribution in [0.5, 0.6) is 5.75 Å². The van der Waals surface area contributed by atoms with E-state index in [0.717, 1.165) is 6.07 Å². The van der Waals surface area contributed by atoms with Crippen molar-refractivity contribution in [2.24, 2.45) is 0 Å². The molecule has 0 bridgehead atoms. The summed E-state index contributed by atoms with van der Waals surface area (Å²) in [4.78, 5) is 0. The third-order valence-electron chi connectivity index (χ3n) is 1.90. The van der Waals surface area contributed by atoms with Crippen LogP contribution in [0.1, 0.15) is 5.56 Å². The highest BCUT2D eigenvalue weighted by Gasteiger charge is 2.14. The second-order valence-corrected chi connectivity index (χ2v) is 6.41. The zero-order valence-corrected chi connectivity index (χ0v) is 10.7. The quantitative estimate of drug-likeness (QED) is 0.799. The maximum Gasteiger partial charge on any atom is 0.232 e. The molecule has 0 radical (unpaired) electrons. The van der Waals surface area contributed by atoms with Crippen molar-refractivity contribution < 1.29 is 17.5 Å². The van der Waals surface area contributed by atoms with E-state index in [1.807, 2.05) is 0 Å². The predicted octanol–water partition coefficient (Wildman–Crippen LogP) is 2.60. The average molecular weight is 287 g/mol. The van der Waals surface area contributed by atoms with Crippen molar-refractivity contribution in [1.82, 2.24) is 0 Å². The van der Waals surface area contributed by atoms with Crippen LogP contribution in [0.3, 0.4) is 0 Å². The lowest BCUT2D eigenvalue weighted by atomic mass is 10.1. The first-order valence-corrected chi connectivity index (χ1v) is 7.13. The summed E-state index contributed by atoms with van der Waals surface area (Å²) in [5.41, 5.74) is 0.372. The van der Waals surface area contributed by atoms with Crippen LogP contribution in [0, 0.1) is 5.82 Å². The van der Waals surface area contributed by atoms with Gasteiger partial charge < -0.3 is 4.74 Å². The molecule has 0 aromatic heterocycles. The average Bonchev–Trinajstić information content (AvgIpc) is 2.12. The third-order valence-corrected chi connectivity index (χ3v) is 3.28. The largest absolute Gasteiger partial charge is 0.493 e. The van der Waals surface area contributed by atoms with Crippen LogP contribution in [0.2, 0.25) is 5.02 Å². The fraction of sp³-hybridized carbons (Fsp3) is 0.333. The highest BCUT2D eigenvalue weighted by molar-refractivity contribution is 8.13. The maximum absolute atomic E-state index is 13.3. The Kier molecular flexibility index (Phi) is 4.41. The zero-order chi connectivity index (χ0) is 12.3. The Labute approximate surface area is 103 Å². The molecule has 3 nitrogen and oxygen atoms in total. The van der Waals surface area contributed by atoms with E-state index in [4.69, 9.17) is 27.0 Å². The van der Waals surface area contributed by atoms with E-state index in [-0.39, 0.29) is 22.9 Å². The van der Waals surface area contributed by atoms with Crippen LogP contribution in [-0.2, 0) is 15.5 Å². The number of methoxy groups -OCH3 is 1. The minimum atomic E-state index is -3.62. The van der Waals surface area contributed by atoms with Crippen molar-refractivity contribution >= 4 is 31.3 Å². The molecule has 90 valence electrons. The van der Waals surface area contributed by atoms with E-state index < -0.39 is 14.9 Å². The van der Waals surface area contributed by atoms with E-state index in [1.165, 1.54) is 13.2 Å². The molecule has 1 aromatic rings. The van der Waals surface area contributed by atoms with Crippen LogP contribution in [0.15, 0.2) is 12.1 Å². The van der Waals surface area contributed by atoms with Gasteiger partial charge in [0.1, 0.15) is 0 Å². The minimum absolute atomic E-state index is 0.00952. The molecule has 0 spiro atoms. The number of hydrogen-bond donors (Lipinski definition) is 0. The normalized spacial score (nSPS) is 11.5. The van der Waals surface area contributed by atoms with Gasteiger partial charge in [0.2, 0.25) is 9.05 Å². The summed E-state index contributed by atoms with van der Waals surface area (Å²) in [5.74, 6) is -0.938. The van der Waals surface area contributed by atoms with Gasteiger partial charge in [-0.1, -0.05) is 11.6 Å². The van der Waals surface area contributed by atoms with Gasteiger partial charge in [-0.2, -0.15) is 0 Å². The van der Waals surface area contributed by atoms with Gasteiger partial charge in [0, 0.05) is 15.7 Å². The van der Waals surface area contributed by atoms with Crippen molar-refractivity contribution in [3.8, 4) is 5.75 Å². The number of halogens is 3. The molecular weight excluding hydrogens is 278 g/mol. The van der Waals surface area contributed by atoms with Gasteiger partial charge in [-0.3, -0.25) is 0 Å². The molecule has 0 aliphatic carbocycles. The smallest absolute Gasteiger partial charge is 0.232 e. The molecule has 0 unspecified atom stereocenters. The first-order valence-electron chi connectivity index (χ1n) is 4.27. The van der Waals surface area contributed by atoms with Crippen molar-refractivity contribution in [2.45, 2.75) is 6.42 Å². The van der Waals surface area contributed by atoms with Crippen molar-refractivity contribution in [1.29, 1.82) is 0 Å². The number of benzene rings is 1. The molecule has 0 atom stereocenters. The number of aryl methyl sites for hydroxylation is 1. The van der Waals surface area contributed by atoms with Crippen LogP contribution < -0.4 is 4.74 Å². The summed E-state index contributed by atoms with van der Waals surface area (Å²) >= 11 is 5.65. The van der Waals surface area contributed by atoms with Crippen molar-refractivity contribution in [3.05, 3.63) is 28.5 Å². The maximum atomic E-state index is 13.3. The first-order chi connectivity index (χ1) is 7.33. The molecule has 1 aromatic carbocycles. The van der Waals surface area contributed by atoms with Gasteiger partial charge >= 0.3 is 0 Å². The summed E-state index contributed by atoms with van der Waals surface area (Å²) in [7, 11) is 2.74. The van der Waals surface area contributed by atoms with Crippen molar-refractivity contribution in [2.75, 3.05) is 12.9 Å². The van der Waals surface area contributed by atoms with E-state index in [0.29, 0.717) is 5.56 Å². The second-order valence-electron chi connectivity index (χ2n) is 3.07. The third kappa shape index (κ3) is 3.81. The Morgan fingerprint density at radius 3 is 2.56 bits per heavy atom. The molecule has 0 heterocycles. The van der Waals surface area contributed by atoms with Gasteiger partial charge in [0.15, 0.2) is 11.6 Å². The van der Waals surface area contributed by atoms with E-state index in [2.05, 4.69) is 0 Å². The Morgan fingerprint density at radius 1 is 1.44 bits per heavy atom. The Morgan fingerprint density at radius 2 is 2.06 bits per heavy atom. The minimum Gasteiger partial charge on any atom is -0.493 e. The number of hydrogen-bond acceptors (Lipinski definition) is 3. The van der Waals surface area contributed by atoms with Gasteiger partial charge in [0.05, 0.1) is 12.9 Å². The van der Waals surface area contributed by atoms with E-state index in [9.17, 15) is 12.8 Å². The van der Waals surface area contributed by atoms with Gasteiger partial charge in [0.25, 0.3) is 0 Å². The zero-order valence-electron chi connectivity index (χ0n) is 8.34. The summed E-state index contributed by atoms with van der Waals surface area (Å²) in [6.45, 7) is 0. The first kappa shape index (κ1) is 13.5. The standard InChI is InChI=1S/C9H9Cl2FO3S/c1-15-9-6(2-3-16(11,13)14)4-7(10)5-8(9)12/h4-5H,2-3H2,1H3. The molecule has 0 amide bonds. The molecule has 0 fully saturated rings. The lowest BCUT2D eigenvalue weighted by Gasteiger charge is -2.09. The lowest BCUT2D eigenvalue weighted by molar-refractivity contribution is 0.382. The van der Waals surface area contributed by atoms with Crippen LogP contribution in [0.25, 0.3) is 0 Å². The lowest BCUT2D eigenvalue weighted by Crippen LogP contribution is -2.04. The predicted molar refractivity (Wildman–Crippen MR) is 61.3 cm³/mol. The SMILES string of the molecule is COc1c(F)cc(Cl)cc1CCS(=O)(=O)Cl. The van der Waals surface area contributed by atoms with Gasteiger partial charge in [-0.25, -0.2) is 12.8 Å². The molecular formula is C9H9Cl2FO3S. The topological polar surface area (TPSA) is 43.4 Å².